The Morgan fingerprint density at radius 3 is 2.79 bits per heavy atom. The molecule has 5 rings (SSSR count). The first kappa shape index (κ1) is 22.1. The number of carbonyl (C=O) groups is 2. The summed E-state index contributed by atoms with van der Waals surface area (Å²) in [7, 11) is 2.02. The van der Waals surface area contributed by atoms with Crippen LogP contribution in [-0.2, 0) is 37.5 Å². The van der Waals surface area contributed by atoms with E-state index in [2.05, 4.69) is 4.90 Å². The highest BCUT2D eigenvalue weighted by Crippen LogP contribution is 2.64. The van der Waals surface area contributed by atoms with Crippen molar-refractivity contribution in [1.29, 1.82) is 0 Å². The van der Waals surface area contributed by atoms with Gasteiger partial charge in [0.25, 0.3) is 0 Å². The second kappa shape index (κ2) is 7.68. The average Bonchev–Trinajstić information content (AvgIpc) is 3.12. The van der Waals surface area contributed by atoms with Crippen LogP contribution in [0, 0.1) is 0 Å². The highest BCUT2D eigenvalue weighted by Gasteiger charge is 2.71. The lowest BCUT2D eigenvalue weighted by Crippen LogP contribution is -2.74. The molecule has 0 aromatic heterocycles. The summed E-state index contributed by atoms with van der Waals surface area (Å²) >= 11 is 0. The quantitative estimate of drug-likeness (QED) is 0.509. The lowest BCUT2D eigenvalue weighted by atomic mass is 9.50. The zero-order valence-electron chi connectivity index (χ0n) is 19.0. The van der Waals surface area contributed by atoms with Crippen molar-refractivity contribution in [2.45, 2.75) is 69.0 Å². The standard InChI is InChI=1S/C25H29NO7/c1-14(2)31-19(28)6-7-20(29)32-17-8-9-25(30)18-12-15-4-5-16(13-27)22-21(15)24(25,23(17)33-22)10-11-26(18)3/h4-8,14,18,23,27,30H,9-13H2,1-3H3/b7-6+/t18-,23?,24?,25-/m1/s1. The van der Waals surface area contributed by atoms with Crippen LogP contribution < -0.4 is 4.74 Å². The summed E-state index contributed by atoms with van der Waals surface area (Å²) in [5, 5.41) is 22.0. The van der Waals surface area contributed by atoms with Crippen molar-refractivity contribution in [3.8, 4) is 5.75 Å². The van der Waals surface area contributed by atoms with Crippen molar-refractivity contribution in [2.75, 3.05) is 13.6 Å². The minimum Gasteiger partial charge on any atom is -0.481 e. The Bertz CT molecular complexity index is 1080. The first-order valence-electron chi connectivity index (χ1n) is 11.4. The maximum absolute atomic E-state index is 12.5. The highest BCUT2D eigenvalue weighted by molar-refractivity contribution is 5.92. The number of aliphatic hydroxyl groups is 2. The summed E-state index contributed by atoms with van der Waals surface area (Å²) in [5.41, 5.74) is 0.810. The Labute approximate surface area is 192 Å². The van der Waals surface area contributed by atoms with E-state index in [4.69, 9.17) is 14.2 Å². The van der Waals surface area contributed by atoms with Gasteiger partial charge in [-0.15, -0.1) is 0 Å². The number of esters is 2. The lowest BCUT2D eigenvalue weighted by molar-refractivity contribution is -0.168. The number of hydrogen-bond donors (Lipinski definition) is 2. The van der Waals surface area contributed by atoms with Crippen LogP contribution >= 0.6 is 0 Å². The molecule has 2 unspecified atom stereocenters. The molecule has 0 saturated carbocycles. The number of likely N-dealkylation sites (tertiary alicyclic amines) is 1. The molecule has 176 valence electrons. The van der Waals surface area contributed by atoms with E-state index in [9.17, 15) is 19.8 Å². The van der Waals surface area contributed by atoms with E-state index in [1.807, 2.05) is 19.2 Å². The number of carbonyl (C=O) groups excluding carboxylic acids is 2. The number of benzene rings is 1. The summed E-state index contributed by atoms with van der Waals surface area (Å²) in [6.45, 7) is 4.02. The number of hydrogen-bond acceptors (Lipinski definition) is 8. The number of likely N-dealkylation sites (N-methyl/N-ethyl adjacent to an activating group) is 1. The van der Waals surface area contributed by atoms with Crippen LogP contribution in [0.3, 0.4) is 0 Å². The van der Waals surface area contributed by atoms with Gasteiger partial charge < -0.3 is 29.3 Å². The van der Waals surface area contributed by atoms with E-state index >= 15 is 0 Å². The SMILES string of the molecule is CC(C)OC(=O)/C=C/C(=O)OC1=CC[C@@]2(O)[C@H]3Cc4ccc(CO)c5c4C2(CCN3C)C1O5. The molecular formula is C25H29NO7. The molecule has 1 aromatic rings. The lowest BCUT2D eigenvalue weighted by Gasteiger charge is -2.61. The van der Waals surface area contributed by atoms with Gasteiger partial charge in [0.05, 0.1) is 23.7 Å². The summed E-state index contributed by atoms with van der Waals surface area (Å²) in [6, 6.07) is 3.77. The minimum absolute atomic E-state index is 0.102. The van der Waals surface area contributed by atoms with E-state index in [1.165, 1.54) is 0 Å². The number of aliphatic hydroxyl groups excluding tert-OH is 1. The van der Waals surface area contributed by atoms with Crippen LogP contribution in [0.1, 0.15) is 43.4 Å². The highest BCUT2D eigenvalue weighted by atomic mass is 16.6. The molecule has 2 aliphatic heterocycles. The van der Waals surface area contributed by atoms with Gasteiger partial charge >= 0.3 is 11.9 Å². The van der Waals surface area contributed by atoms with Gasteiger partial charge in [0.15, 0.2) is 6.10 Å². The van der Waals surface area contributed by atoms with Gasteiger partial charge in [-0.2, -0.15) is 0 Å². The third-order valence-electron chi connectivity index (χ3n) is 7.55. The molecule has 8 nitrogen and oxygen atoms in total. The summed E-state index contributed by atoms with van der Waals surface area (Å²) in [4.78, 5) is 26.5. The fourth-order valence-electron chi connectivity index (χ4n) is 6.19. The topological polar surface area (TPSA) is 106 Å². The molecule has 33 heavy (non-hydrogen) atoms. The number of ether oxygens (including phenoxy) is 3. The Kier molecular flexibility index (Phi) is 5.15. The smallest absolute Gasteiger partial charge is 0.336 e. The monoisotopic (exact) mass is 455 g/mol. The van der Waals surface area contributed by atoms with Crippen molar-refractivity contribution < 1.29 is 34.0 Å². The normalized spacial score (nSPS) is 31.8. The zero-order chi connectivity index (χ0) is 23.5. The molecule has 2 bridgehead atoms. The Morgan fingerprint density at radius 2 is 2.06 bits per heavy atom. The van der Waals surface area contributed by atoms with Crippen molar-refractivity contribution in [1.82, 2.24) is 4.90 Å². The van der Waals surface area contributed by atoms with Crippen molar-refractivity contribution in [3.05, 3.63) is 52.8 Å². The van der Waals surface area contributed by atoms with Gasteiger partial charge in [-0.3, -0.25) is 0 Å². The third-order valence-corrected chi connectivity index (χ3v) is 7.55. The van der Waals surface area contributed by atoms with E-state index < -0.39 is 29.1 Å². The van der Waals surface area contributed by atoms with Crippen LogP contribution in [0.2, 0.25) is 0 Å². The van der Waals surface area contributed by atoms with Gasteiger partial charge in [-0.1, -0.05) is 12.1 Å². The largest absolute Gasteiger partial charge is 0.481 e. The summed E-state index contributed by atoms with van der Waals surface area (Å²) in [5.74, 6) is -0.435. The van der Waals surface area contributed by atoms with Gasteiger partial charge in [0.1, 0.15) is 11.5 Å². The van der Waals surface area contributed by atoms with Crippen molar-refractivity contribution in [3.63, 3.8) is 0 Å². The maximum Gasteiger partial charge on any atom is 0.336 e. The van der Waals surface area contributed by atoms with Crippen LogP contribution in [0.15, 0.2) is 36.1 Å². The molecule has 1 saturated heterocycles. The van der Waals surface area contributed by atoms with E-state index in [0.717, 1.165) is 29.8 Å². The van der Waals surface area contributed by atoms with Gasteiger partial charge in [-0.05, 0) is 51.9 Å². The number of piperidine rings is 1. The van der Waals surface area contributed by atoms with Crippen LogP contribution in [0.25, 0.3) is 0 Å². The van der Waals surface area contributed by atoms with Gasteiger partial charge in [0, 0.05) is 35.7 Å². The molecule has 2 N–H and O–H groups in total. The zero-order valence-corrected chi connectivity index (χ0v) is 19.0. The van der Waals surface area contributed by atoms with Crippen LogP contribution in [-0.4, -0.2) is 64.5 Å². The molecule has 4 aliphatic rings. The molecule has 1 fully saturated rings. The van der Waals surface area contributed by atoms with Gasteiger partial charge in [0.2, 0.25) is 0 Å². The number of nitrogens with zero attached hydrogens (tertiary/aromatic N) is 1. The Balaban J connectivity index is 1.52. The van der Waals surface area contributed by atoms with E-state index in [-0.39, 0.29) is 18.8 Å². The predicted octanol–water partition coefficient (Wildman–Crippen LogP) is 1.51. The molecule has 4 atom stereocenters. The summed E-state index contributed by atoms with van der Waals surface area (Å²) in [6.07, 6.45) is 4.43. The average molecular weight is 456 g/mol. The van der Waals surface area contributed by atoms with E-state index in [0.29, 0.717) is 36.3 Å². The fraction of sp³-hybridized carbons (Fsp3) is 0.520. The summed E-state index contributed by atoms with van der Waals surface area (Å²) < 4.78 is 17.0. The van der Waals surface area contributed by atoms with Gasteiger partial charge in [-0.25, -0.2) is 9.59 Å². The fourth-order valence-corrected chi connectivity index (χ4v) is 6.19. The molecule has 2 heterocycles. The van der Waals surface area contributed by atoms with Crippen LogP contribution in [0.4, 0.5) is 0 Å². The second-order valence-corrected chi connectivity index (χ2v) is 9.64. The maximum atomic E-state index is 12.5. The first-order chi connectivity index (χ1) is 15.7. The molecular weight excluding hydrogens is 426 g/mol. The van der Waals surface area contributed by atoms with Crippen molar-refractivity contribution >= 4 is 11.9 Å². The van der Waals surface area contributed by atoms with E-state index in [1.54, 1.807) is 19.9 Å². The number of rotatable bonds is 5. The Morgan fingerprint density at radius 1 is 1.30 bits per heavy atom. The van der Waals surface area contributed by atoms with Crippen molar-refractivity contribution in [2.24, 2.45) is 0 Å². The molecule has 0 radical (unpaired) electrons. The Hall–Kier alpha value is -2.68. The first-order valence-corrected chi connectivity index (χ1v) is 11.4. The molecule has 1 spiro atoms. The molecule has 1 aromatic carbocycles. The van der Waals surface area contributed by atoms with Crippen LogP contribution in [0.5, 0.6) is 5.75 Å². The minimum atomic E-state index is -1.09. The molecule has 2 aliphatic carbocycles. The second-order valence-electron chi connectivity index (χ2n) is 9.64. The molecule has 8 heteroatoms. The predicted molar refractivity (Wildman–Crippen MR) is 117 cm³/mol. The third kappa shape index (κ3) is 3.08. The molecule has 0 amide bonds.